The molecule has 7 nitrogen and oxygen atoms in total. The van der Waals surface area contributed by atoms with Crippen molar-refractivity contribution in [3.63, 3.8) is 0 Å². The fourth-order valence-corrected chi connectivity index (χ4v) is 4.42. The topological polar surface area (TPSA) is 94.2 Å². The lowest BCUT2D eigenvalue weighted by Gasteiger charge is -2.25. The Labute approximate surface area is 248 Å². The molecule has 43 heavy (non-hydrogen) atoms. The van der Waals surface area contributed by atoms with Crippen molar-refractivity contribution in [2.24, 2.45) is 5.73 Å². The van der Waals surface area contributed by atoms with Crippen LogP contribution < -0.4 is 19.9 Å². The van der Waals surface area contributed by atoms with Crippen LogP contribution in [-0.2, 0) is 30.7 Å². The van der Waals surface area contributed by atoms with Crippen LogP contribution in [0.15, 0.2) is 97.1 Å². The van der Waals surface area contributed by atoms with E-state index in [4.69, 9.17) is 19.9 Å². The van der Waals surface area contributed by atoms with E-state index in [0.717, 1.165) is 23.3 Å². The van der Waals surface area contributed by atoms with Gasteiger partial charge in [0.1, 0.15) is 35.6 Å². The molecule has 0 spiro atoms. The number of carboxylic acid groups (broad SMARTS) is 1. The largest absolute Gasteiger partial charge is 0.497 e. The Bertz CT molecular complexity index is 1490. The van der Waals surface area contributed by atoms with Gasteiger partial charge >= 0.3 is 12.1 Å². The van der Waals surface area contributed by atoms with Crippen molar-refractivity contribution < 1.29 is 37.3 Å². The van der Waals surface area contributed by atoms with Gasteiger partial charge in [-0.05, 0) is 60.5 Å². The van der Waals surface area contributed by atoms with Gasteiger partial charge in [0, 0.05) is 30.8 Å². The molecule has 4 aromatic rings. The molecule has 0 unspecified atom stereocenters. The fourth-order valence-electron chi connectivity index (χ4n) is 4.42. The number of benzene rings is 4. The summed E-state index contributed by atoms with van der Waals surface area (Å²) in [5, 5.41) is 9.35. The van der Waals surface area contributed by atoms with Crippen LogP contribution in [0.3, 0.4) is 0 Å². The van der Waals surface area contributed by atoms with Crippen LogP contribution in [0.5, 0.6) is 23.0 Å². The number of hydrogen-bond acceptors (Lipinski definition) is 6. The molecule has 0 saturated heterocycles. The van der Waals surface area contributed by atoms with Gasteiger partial charge in [-0.25, -0.2) is 0 Å². The molecule has 0 bridgehead atoms. The summed E-state index contributed by atoms with van der Waals surface area (Å²) in [7, 11) is 1.59. The van der Waals surface area contributed by atoms with Crippen LogP contribution in [0, 0.1) is 0 Å². The predicted molar refractivity (Wildman–Crippen MR) is 156 cm³/mol. The van der Waals surface area contributed by atoms with E-state index in [9.17, 15) is 23.1 Å². The van der Waals surface area contributed by atoms with E-state index >= 15 is 0 Å². The number of ether oxygens (including phenoxy) is 3. The zero-order chi connectivity index (χ0) is 30.8. The van der Waals surface area contributed by atoms with Gasteiger partial charge in [-0.2, -0.15) is 13.2 Å². The second-order valence-electron chi connectivity index (χ2n) is 9.92. The number of aliphatic carboxylic acids is 1. The summed E-state index contributed by atoms with van der Waals surface area (Å²) < 4.78 is 56.9. The lowest BCUT2D eigenvalue weighted by atomic mass is 10.1. The minimum Gasteiger partial charge on any atom is -0.497 e. The molecular formula is C33H33F3N2O5. The van der Waals surface area contributed by atoms with Crippen molar-refractivity contribution in [2.75, 3.05) is 13.7 Å². The molecule has 0 amide bonds. The van der Waals surface area contributed by atoms with Crippen molar-refractivity contribution in [1.82, 2.24) is 4.90 Å². The Hall–Kier alpha value is -4.54. The molecule has 0 saturated carbocycles. The molecule has 3 N–H and O–H groups in total. The van der Waals surface area contributed by atoms with Crippen molar-refractivity contribution in [1.29, 1.82) is 0 Å². The average molecular weight is 595 g/mol. The summed E-state index contributed by atoms with van der Waals surface area (Å²) >= 11 is 0. The number of alkyl halides is 3. The van der Waals surface area contributed by atoms with Gasteiger partial charge in [0.2, 0.25) is 0 Å². The summed E-state index contributed by atoms with van der Waals surface area (Å²) in [4.78, 5) is 13.5. The molecule has 0 fully saturated rings. The molecule has 4 aromatic carbocycles. The van der Waals surface area contributed by atoms with Crippen molar-refractivity contribution >= 4 is 5.97 Å². The van der Waals surface area contributed by atoms with E-state index in [1.54, 1.807) is 49.6 Å². The first-order chi connectivity index (χ1) is 20.6. The lowest BCUT2D eigenvalue weighted by molar-refractivity contribution is -0.139. The maximum Gasteiger partial charge on any atom is 0.416 e. The number of nitrogens with two attached hydrogens (primary N) is 1. The zero-order valence-electron chi connectivity index (χ0n) is 23.6. The summed E-state index contributed by atoms with van der Waals surface area (Å²) in [6, 6.07) is 26.0. The predicted octanol–water partition coefficient (Wildman–Crippen LogP) is 6.89. The van der Waals surface area contributed by atoms with E-state index in [1.165, 1.54) is 6.07 Å². The Kier molecular flexibility index (Phi) is 10.6. The maximum absolute atomic E-state index is 13.2. The van der Waals surface area contributed by atoms with Crippen LogP contribution in [0.4, 0.5) is 13.2 Å². The number of carbonyl (C=O) groups is 1. The van der Waals surface area contributed by atoms with Crippen molar-refractivity contribution in [3.8, 4) is 23.0 Å². The number of methoxy groups -OCH3 is 1. The Morgan fingerprint density at radius 2 is 1.47 bits per heavy atom. The molecular weight excluding hydrogens is 561 g/mol. The molecule has 4 rings (SSSR count). The van der Waals surface area contributed by atoms with Crippen molar-refractivity contribution in [3.05, 3.63) is 119 Å². The maximum atomic E-state index is 13.2. The highest BCUT2D eigenvalue weighted by atomic mass is 19.4. The van der Waals surface area contributed by atoms with Crippen molar-refractivity contribution in [2.45, 2.75) is 38.3 Å². The summed E-state index contributed by atoms with van der Waals surface area (Å²) in [6.45, 7) is 1.07. The van der Waals surface area contributed by atoms with Gasteiger partial charge in [0.05, 0.1) is 12.7 Å². The number of nitrogens with zero attached hydrogens (tertiary/aromatic N) is 1. The van der Waals surface area contributed by atoms with Gasteiger partial charge in [-0.1, -0.05) is 48.5 Å². The zero-order valence-corrected chi connectivity index (χ0v) is 23.6. The molecule has 0 aliphatic heterocycles. The summed E-state index contributed by atoms with van der Waals surface area (Å²) in [5.74, 6) is 1.38. The third kappa shape index (κ3) is 9.22. The fraction of sp³-hybridized carbons (Fsp3) is 0.242. The smallest absolute Gasteiger partial charge is 0.416 e. The first-order valence-corrected chi connectivity index (χ1v) is 13.6. The first-order valence-electron chi connectivity index (χ1n) is 13.6. The van der Waals surface area contributed by atoms with Gasteiger partial charge in [-0.15, -0.1) is 0 Å². The third-order valence-corrected chi connectivity index (χ3v) is 6.74. The molecule has 0 radical (unpaired) electrons. The summed E-state index contributed by atoms with van der Waals surface area (Å²) in [6.07, 6.45) is -4.25. The quantitative estimate of drug-likeness (QED) is 0.164. The van der Waals surface area contributed by atoms with E-state index in [2.05, 4.69) is 0 Å². The molecule has 226 valence electrons. The van der Waals surface area contributed by atoms with E-state index in [0.29, 0.717) is 48.2 Å². The normalized spacial score (nSPS) is 12.1. The van der Waals surface area contributed by atoms with Crippen LogP contribution >= 0.6 is 0 Å². The molecule has 0 heterocycles. The Morgan fingerprint density at radius 3 is 2.09 bits per heavy atom. The molecule has 0 aliphatic rings. The van der Waals surface area contributed by atoms with Gasteiger partial charge in [0.25, 0.3) is 0 Å². The lowest BCUT2D eigenvalue weighted by Crippen LogP contribution is -2.35. The van der Waals surface area contributed by atoms with Gasteiger partial charge < -0.3 is 25.1 Å². The Balaban J connectivity index is 1.53. The van der Waals surface area contributed by atoms with Crippen LogP contribution in [0.2, 0.25) is 0 Å². The third-order valence-electron chi connectivity index (χ3n) is 6.74. The van der Waals surface area contributed by atoms with Gasteiger partial charge in [-0.3, -0.25) is 9.69 Å². The second-order valence-corrected chi connectivity index (χ2v) is 9.92. The first kappa shape index (κ1) is 31.4. The number of halogens is 3. The SMILES string of the molecule is COc1ccc(Oc2ccccc2CN(CC[C@H](N)C(=O)O)Cc2ccccc2OCc2cccc(C(F)(F)F)c2)cc1. The van der Waals surface area contributed by atoms with E-state index in [-0.39, 0.29) is 13.0 Å². The van der Waals surface area contributed by atoms with E-state index in [1.807, 2.05) is 41.3 Å². The van der Waals surface area contributed by atoms with E-state index < -0.39 is 23.8 Å². The molecule has 10 heteroatoms. The van der Waals surface area contributed by atoms with Crippen LogP contribution in [0.1, 0.15) is 28.7 Å². The van der Waals surface area contributed by atoms with Crippen LogP contribution in [0.25, 0.3) is 0 Å². The molecule has 0 aliphatic carbocycles. The number of para-hydroxylation sites is 2. The highest BCUT2D eigenvalue weighted by Crippen LogP contribution is 2.31. The monoisotopic (exact) mass is 594 g/mol. The number of rotatable bonds is 14. The summed E-state index contributed by atoms with van der Waals surface area (Å²) in [5.41, 5.74) is 7.13. The Morgan fingerprint density at radius 1 is 0.860 bits per heavy atom. The minimum absolute atomic E-state index is 0.0522. The second kappa shape index (κ2) is 14.6. The average Bonchev–Trinajstić information content (AvgIpc) is 3.00. The number of hydrogen-bond donors (Lipinski definition) is 2. The highest BCUT2D eigenvalue weighted by Gasteiger charge is 2.30. The molecule has 1 atom stereocenters. The van der Waals surface area contributed by atoms with Gasteiger partial charge in [0.15, 0.2) is 0 Å². The number of carboxylic acids is 1. The highest BCUT2D eigenvalue weighted by molar-refractivity contribution is 5.73. The van der Waals surface area contributed by atoms with Crippen LogP contribution in [-0.4, -0.2) is 35.7 Å². The standard InChI is InChI=1S/C33H33F3N2O5/c1-41-27-13-15-28(16-14-27)43-31-12-5-3-9-25(31)21-38(18-17-29(37)32(39)40)20-24-8-2-4-11-30(24)42-22-23-7-6-10-26(19-23)33(34,35)36/h2-16,19,29H,17-18,20-22,37H2,1H3,(H,39,40)/t29-/m0/s1. The molecule has 0 aromatic heterocycles. The minimum atomic E-state index is -4.45.